The second-order valence-electron chi connectivity index (χ2n) is 7.75. The molecule has 0 spiro atoms. The van der Waals surface area contributed by atoms with Crippen LogP contribution in [0.25, 0.3) is 0 Å². The lowest BCUT2D eigenvalue weighted by Gasteiger charge is -2.34. The first-order valence-corrected chi connectivity index (χ1v) is 13.8. The summed E-state index contributed by atoms with van der Waals surface area (Å²) < 4.78 is 52.3. The zero-order chi connectivity index (χ0) is 23.7. The highest BCUT2D eigenvalue weighted by molar-refractivity contribution is 7.89. The smallest absolute Gasteiger partial charge is 0.275 e. The van der Waals surface area contributed by atoms with E-state index in [1.807, 2.05) is 0 Å². The Balaban J connectivity index is 1.70. The van der Waals surface area contributed by atoms with Crippen LogP contribution in [0.5, 0.6) is 0 Å². The summed E-state index contributed by atoms with van der Waals surface area (Å²) in [5.41, 5.74) is 0.181. The Morgan fingerprint density at radius 2 is 1.19 bits per heavy atom. The molecule has 12 nitrogen and oxygen atoms in total. The third kappa shape index (κ3) is 4.97. The van der Waals surface area contributed by atoms with Gasteiger partial charge in [0.05, 0.1) is 17.1 Å². The van der Waals surface area contributed by atoms with Gasteiger partial charge in [-0.2, -0.15) is 13.7 Å². The van der Waals surface area contributed by atoms with E-state index in [0.717, 1.165) is 0 Å². The van der Waals surface area contributed by atoms with E-state index < -0.39 is 26.0 Å². The molecule has 2 aliphatic heterocycles. The topological polar surface area (TPSA) is 133 Å². The minimum Gasteiger partial charge on any atom is -0.336 e. The summed E-state index contributed by atoms with van der Waals surface area (Å²) in [6.07, 6.45) is 1.49. The third-order valence-electron chi connectivity index (χ3n) is 5.83. The van der Waals surface area contributed by atoms with E-state index in [0.29, 0.717) is 0 Å². The molecular formula is C18H30N6O6S2. The molecule has 1 aromatic heterocycles. The molecule has 1 aromatic rings. The van der Waals surface area contributed by atoms with Crippen molar-refractivity contribution in [1.29, 1.82) is 0 Å². The van der Waals surface area contributed by atoms with Crippen molar-refractivity contribution in [3.8, 4) is 0 Å². The van der Waals surface area contributed by atoms with Crippen LogP contribution in [0.1, 0.15) is 34.7 Å². The summed E-state index contributed by atoms with van der Waals surface area (Å²) in [6, 6.07) is 0. The first-order valence-electron chi connectivity index (χ1n) is 10.6. The summed E-state index contributed by atoms with van der Waals surface area (Å²) in [7, 11) is -5.01. The Labute approximate surface area is 188 Å². The van der Waals surface area contributed by atoms with Gasteiger partial charge in [-0.3, -0.25) is 14.3 Å². The summed E-state index contributed by atoms with van der Waals surface area (Å²) in [5.74, 6) is -0.779. The Hall–Kier alpha value is -2.03. The van der Waals surface area contributed by atoms with Crippen LogP contribution in [-0.4, -0.2) is 121 Å². The van der Waals surface area contributed by atoms with E-state index >= 15 is 0 Å². The SMILES string of the molecule is CCS(=O)(=O)N1CCN(C(=O)c2cn(C)nc2C(=O)N2CCN(S(=O)(=O)CC)CC2)CC1. The average molecular weight is 491 g/mol. The van der Waals surface area contributed by atoms with Gasteiger partial charge in [0, 0.05) is 65.6 Å². The maximum Gasteiger partial charge on any atom is 0.275 e. The molecule has 2 saturated heterocycles. The largest absolute Gasteiger partial charge is 0.336 e. The van der Waals surface area contributed by atoms with Crippen molar-refractivity contribution >= 4 is 31.9 Å². The van der Waals surface area contributed by atoms with Gasteiger partial charge in [-0.15, -0.1) is 0 Å². The average Bonchev–Trinajstić information content (AvgIpc) is 3.19. The van der Waals surface area contributed by atoms with E-state index in [1.165, 1.54) is 29.3 Å². The number of aromatic nitrogens is 2. The Kier molecular flexibility index (Phi) is 7.27. The second kappa shape index (κ2) is 9.45. The summed E-state index contributed by atoms with van der Waals surface area (Å²) in [6.45, 7) is 4.87. The van der Waals surface area contributed by atoms with Crippen molar-refractivity contribution in [2.45, 2.75) is 13.8 Å². The summed E-state index contributed by atoms with van der Waals surface area (Å²) in [5, 5.41) is 4.19. The molecule has 0 unspecified atom stereocenters. The van der Waals surface area contributed by atoms with Crippen molar-refractivity contribution < 1.29 is 26.4 Å². The van der Waals surface area contributed by atoms with Gasteiger partial charge in [-0.05, 0) is 13.8 Å². The number of nitrogens with zero attached hydrogens (tertiary/aromatic N) is 6. The fourth-order valence-corrected chi connectivity index (χ4v) is 6.00. The van der Waals surface area contributed by atoms with Gasteiger partial charge in [-0.1, -0.05) is 0 Å². The maximum atomic E-state index is 13.1. The van der Waals surface area contributed by atoms with Crippen molar-refractivity contribution in [3.63, 3.8) is 0 Å². The molecule has 2 fully saturated rings. The van der Waals surface area contributed by atoms with Gasteiger partial charge in [0.1, 0.15) is 0 Å². The Bertz CT molecular complexity index is 984. The molecule has 0 radical (unpaired) electrons. The minimum absolute atomic E-state index is 0.00660. The van der Waals surface area contributed by atoms with Gasteiger partial charge >= 0.3 is 0 Å². The van der Waals surface area contributed by atoms with E-state index in [4.69, 9.17) is 0 Å². The molecule has 3 heterocycles. The first-order chi connectivity index (χ1) is 15.0. The number of carbonyl (C=O) groups excluding carboxylic acids is 2. The van der Waals surface area contributed by atoms with Crippen LogP contribution in [0.15, 0.2) is 6.20 Å². The molecule has 32 heavy (non-hydrogen) atoms. The second-order valence-corrected chi connectivity index (χ2v) is 12.3. The van der Waals surface area contributed by atoms with E-state index in [-0.39, 0.29) is 81.0 Å². The highest BCUT2D eigenvalue weighted by Gasteiger charge is 2.34. The fourth-order valence-electron chi connectivity index (χ4n) is 3.83. The molecule has 0 saturated carbocycles. The highest BCUT2D eigenvalue weighted by atomic mass is 32.2. The number of amides is 2. The van der Waals surface area contributed by atoms with Crippen LogP contribution in [0.3, 0.4) is 0 Å². The zero-order valence-corrected chi connectivity index (χ0v) is 20.2. The van der Waals surface area contributed by atoms with Crippen LogP contribution in [0.4, 0.5) is 0 Å². The molecule has 180 valence electrons. The number of hydrogen-bond donors (Lipinski definition) is 0. The lowest BCUT2D eigenvalue weighted by molar-refractivity contribution is 0.0656. The van der Waals surface area contributed by atoms with Crippen LogP contribution >= 0.6 is 0 Å². The van der Waals surface area contributed by atoms with Crippen molar-refractivity contribution in [2.24, 2.45) is 7.05 Å². The van der Waals surface area contributed by atoms with Crippen LogP contribution < -0.4 is 0 Å². The van der Waals surface area contributed by atoms with Crippen molar-refractivity contribution in [3.05, 3.63) is 17.5 Å². The lowest BCUT2D eigenvalue weighted by Crippen LogP contribution is -2.52. The van der Waals surface area contributed by atoms with Crippen LogP contribution in [0, 0.1) is 0 Å². The number of carbonyl (C=O) groups is 2. The van der Waals surface area contributed by atoms with Gasteiger partial charge in [0.15, 0.2) is 5.69 Å². The van der Waals surface area contributed by atoms with Crippen LogP contribution in [0.2, 0.25) is 0 Å². The van der Waals surface area contributed by atoms with E-state index in [2.05, 4.69) is 5.10 Å². The highest BCUT2D eigenvalue weighted by Crippen LogP contribution is 2.17. The predicted octanol–water partition coefficient (Wildman–Crippen LogP) is -1.36. The molecule has 14 heteroatoms. The lowest BCUT2D eigenvalue weighted by atomic mass is 10.1. The van der Waals surface area contributed by atoms with Gasteiger partial charge in [0.2, 0.25) is 20.0 Å². The third-order valence-corrected chi connectivity index (χ3v) is 9.59. The predicted molar refractivity (Wildman–Crippen MR) is 117 cm³/mol. The number of piperazine rings is 2. The van der Waals surface area contributed by atoms with Crippen molar-refractivity contribution in [1.82, 2.24) is 28.2 Å². The molecule has 2 amide bonds. The monoisotopic (exact) mass is 490 g/mol. The number of aryl methyl sites for hydroxylation is 1. The maximum absolute atomic E-state index is 13.1. The molecule has 0 bridgehead atoms. The van der Waals surface area contributed by atoms with Gasteiger partial charge < -0.3 is 9.80 Å². The molecule has 0 aliphatic carbocycles. The van der Waals surface area contributed by atoms with Crippen molar-refractivity contribution in [2.75, 3.05) is 63.9 Å². The Morgan fingerprint density at radius 1 is 0.781 bits per heavy atom. The first kappa shape index (κ1) is 24.6. The quantitative estimate of drug-likeness (QED) is 0.481. The molecule has 0 N–H and O–H groups in total. The minimum atomic E-state index is -3.32. The summed E-state index contributed by atoms with van der Waals surface area (Å²) >= 11 is 0. The number of hydrogen-bond acceptors (Lipinski definition) is 7. The number of sulfonamides is 2. The molecule has 0 aromatic carbocycles. The molecular weight excluding hydrogens is 460 g/mol. The fraction of sp³-hybridized carbons (Fsp3) is 0.722. The zero-order valence-electron chi connectivity index (χ0n) is 18.6. The van der Waals surface area contributed by atoms with Crippen LogP contribution in [-0.2, 0) is 27.1 Å². The Morgan fingerprint density at radius 3 is 1.59 bits per heavy atom. The van der Waals surface area contributed by atoms with Gasteiger partial charge in [0.25, 0.3) is 11.8 Å². The molecule has 0 atom stereocenters. The summed E-state index contributed by atoms with van der Waals surface area (Å²) in [4.78, 5) is 29.2. The number of rotatable bonds is 6. The molecule has 3 rings (SSSR count). The standard InChI is InChI=1S/C18H30N6O6S2/c1-4-31(27,28)23-10-6-21(7-11-23)17(25)15-14-20(3)19-16(15)18(26)22-8-12-24(13-9-22)32(29,30)5-2/h14H,4-13H2,1-3H3. The van der Waals surface area contributed by atoms with Gasteiger partial charge in [-0.25, -0.2) is 16.8 Å². The van der Waals surface area contributed by atoms with E-state index in [1.54, 1.807) is 20.9 Å². The van der Waals surface area contributed by atoms with E-state index in [9.17, 15) is 26.4 Å². The molecule has 2 aliphatic rings. The normalized spacial score (nSPS) is 19.3.